The maximum Gasteiger partial charge on any atom is 0.305 e. The van der Waals surface area contributed by atoms with Crippen LogP contribution in [0.4, 0.5) is 0 Å². The summed E-state index contributed by atoms with van der Waals surface area (Å²) < 4.78 is 52.0. The number of ether oxygens (including phenoxy) is 9. The molecule has 2 aliphatic rings. The average molecular weight is 941 g/mol. The van der Waals surface area contributed by atoms with Gasteiger partial charge >= 0.3 is 29.8 Å². The van der Waals surface area contributed by atoms with Gasteiger partial charge in [-0.2, -0.15) is 0 Å². The van der Waals surface area contributed by atoms with Crippen LogP contribution in [0.25, 0.3) is 0 Å². The summed E-state index contributed by atoms with van der Waals surface area (Å²) >= 11 is 0. The molecule has 2 rings (SSSR count). The van der Waals surface area contributed by atoms with E-state index >= 15 is 0 Å². The monoisotopic (exact) mass is 941 g/mol. The van der Waals surface area contributed by atoms with Crippen LogP contribution in [0.2, 0.25) is 0 Å². The van der Waals surface area contributed by atoms with Crippen LogP contribution in [0.15, 0.2) is 12.2 Å². The fraction of sp³-hybridized carbons (Fsp3) is 0.837. The fourth-order valence-electron chi connectivity index (χ4n) is 8.10. The van der Waals surface area contributed by atoms with E-state index in [2.05, 4.69) is 37.9 Å². The van der Waals surface area contributed by atoms with E-state index in [0.29, 0.717) is 37.2 Å². The largest absolute Gasteiger partial charge is 0.463 e. The van der Waals surface area contributed by atoms with Crippen LogP contribution in [0.3, 0.4) is 0 Å². The van der Waals surface area contributed by atoms with Gasteiger partial charge in [-0.3, -0.25) is 28.8 Å². The minimum atomic E-state index is -1.15. The molecule has 2 fully saturated rings. The van der Waals surface area contributed by atoms with E-state index in [4.69, 9.17) is 42.6 Å². The molecule has 66 heavy (non-hydrogen) atoms. The van der Waals surface area contributed by atoms with Gasteiger partial charge in [0.25, 0.3) is 0 Å². The van der Waals surface area contributed by atoms with Crippen molar-refractivity contribution in [2.45, 2.75) is 208 Å². The van der Waals surface area contributed by atoms with Gasteiger partial charge in [0, 0.05) is 59.7 Å². The quantitative estimate of drug-likeness (QED) is 0.0331. The van der Waals surface area contributed by atoms with Crippen molar-refractivity contribution in [2.24, 2.45) is 17.8 Å². The van der Waals surface area contributed by atoms with Crippen molar-refractivity contribution in [3.05, 3.63) is 12.2 Å². The maximum atomic E-state index is 12.8. The minimum absolute atomic E-state index is 0.112. The molecule has 2 heterocycles. The van der Waals surface area contributed by atoms with Crippen molar-refractivity contribution in [3.8, 4) is 0 Å². The van der Waals surface area contributed by atoms with Gasteiger partial charge in [-0.15, -0.1) is 0 Å². The summed E-state index contributed by atoms with van der Waals surface area (Å²) in [5.74, 6) is -1.66. The topological polar surface area (TPSA) is 201 Å². The third-order valence-corrected chi connectivity index (χ3v) is 12.3. The Kier molecular flexibility index (Phi) is 28.5. The molecule has 0 spiro atoms. The average Bonchev–Trinajstić information content (AvgIpc) is 3.25. The molecule has 0 aromatic heterocycles. The van der Waals surface area contributed by atoms with E-state index in [1.165, 1.54) is 27.7 Å². The summed E-state index contributed by atoms with van der Waals surface area (Å²) in [5, 5.41) is 2.83. The maximum absolute atomic E-state index is 12.8. The Morgan fingerprint density at radius 3 is 1.74 bits per heavy atom. The lowest BCUT2D eigenvalue weighted by molar-refractivity contribution is -0.300. The lowest BCUT2D eigenvalue weighted by Gasteiger charge is -2.43. The number of hydrogen-bond acceptors (Lipinski definition) is 16. The summed E-state index contributed by atoms with van der Waals surface area (Å²) in [6.07, 6.45) is 6.59. The van der Waals surface area contributed by atoms with Crippen LogP contribution in [0, 0.1) is 17.8 Å². The predicted octanol–water partition coefficient (Wildman–Crippen LogP) is 6.75. The van der Waals surface area contributed by atoms with E-state index in [1.54, 1.807) is 19.9 Å². The number of carbonyl (C=O) groups excluding carboxylic acids is 6. The van der Waals surface area contributed by atoms with Gasteiger partial charge in [0.05, 0.1) is 12.2 Å². The van der Waals surface area contributed by atoms with Crippen LogP contribution in [0.1, 0.15) is 153 Å². The molecule has 380 valence electrons. The van der Waals surface area contributed by atoms with Crippen LogP contribution in [-0.2, 0) is 71.4 Å². The van der Waals surface area contributed by atoms with Gasteiger partial charge in [0.1, 0.15) is 18.8 Å². The lowest BCUT2D eigenvalue weighted by Crippen LogP contribution is -2.61. The van der Waals surface area contributed by atoms with Crippen molar-refractivity contribution in [2.75, 3.05) is 39.5 Å². The van der Waals surface area contributed by atoms with E-state index in [0.717, 1.165) is 71.0 Å². The van der Waals surface area contributed by atoms with Crippen molar-refractivity contribution in [3.63, 3.8) is 0 Å². The smallest absolute Gasteiger partial charge is 0.305 e. The summed E-state index contributed by atoms with van der Waals surface area (Å²) in [6, 6.07) is -0.703. The lowest BCUT2D eigenvalue weighted by atomic mass is 9.79. The molecular weight excluding hydrogens is 857 g/mol. The second-order valence-corrected chi connectivity index (χ2v) is 17.9. The Morgan fingerprint density at radius 2 is 1.17 bits per heavy atom. The van der Waals surface area contributed by atoms with Crippen molar-refractivity contribution in [1.29, 1.82) is 0 Å². The summed E-state index contributed by atoms with van der Waals surface area (Å²) in [7, 11) is 0. The van der Waals surface area contributed by atoms with Crippen LogP contribution < -0.4 is 5.32 Å². The molecule has 0 aromatic rings. The normalized spacial score (nSPS) is 26.3. The van der Waals surface area contributed by atoms with Crippen LogP contribution >= 0.6 is 0 Å². The summed E-state index contributed by atoms with van der Waals surface area (Å²) in [6.45, 7) is 22.6. The van der Waals surface area contributed by atoms with Crippen molar-refractivity contribution in [1.82, 2.24) is 10.2 Å². The second kappa shape index (κ2) is 32.2. The number of nitrogens with zero attached hydrogens (tertiary/aromatic N) is 1. The van der Waals surface area contributed by atoms with E-state index in [-0.39, 0.29) is 50.3 Å². The highest BCUT2D eigenvalue weighted by Gasteiger charge is 2.51. The molecule has 17 heteroatoms. The number of rotatable bonds is 31. The van der Waals surface area contributed by atoms with Crippen LogP contribution in [-0.4, -0.2) is 135 Å². The number of hydrogen-bond donors (Lipinski definition) is 1. The predicted molar refractivity (Wildman–Crippen MR) is 246 cm³/mol. The highest BCUT2D eigenvalue weighted by Crippen LogP contribution is 2.35. The summed E-state index contributed by atoms with van der Waals surface area (Å²) in [5.41, 5.74) is 0. The molecule has 4 unspecified atom stereocenters. The number of amides is 1. The Hall–Kier alpha value is -3.64. The van der Waals surface area contributed by atoms with Gasteiger partial charge < -0.3 is 52.8 Å². The second-order valence-electron chi connectivity index (χ2n) is 17.9. The van der Waals surface area contributed by atoms with E-state index in [9.17, 15) is 28.8 Å². The molecule has 1 amide bonds. The number of esters is 5. The molecule has 17 nitrogen and oxygen atoms in total. The van der Waals surface area contributed by atoms with Gasteiger partial charge in [-0.05, 0) is 96.3 Å². The first-order chi connectivity index (χ1) is 31.4. The zero-order valence-electron chi connectivity index (χ0n) is 41.9. The molecule has 0 aliphatic carbocycles. The van der Waals surface area contributed by atoms with Crippen LogP contribution in [0.5, 0.6) is 0 Å². The molecule has 2 saturated heterocycles. The van der Waals surface area contributed by atoms with Gasteiger partial charge in [-0.25, -0.2) is 0 Å². The summed E-state index contributed by atoms with van der Waals surface area (Å²) in [4.78, 5) is 75.4. The number of allylic oxidation sites excluding steroid dienone is 1. The molecule has 0 bridgehead atoms. The zero-order valence-corrected chi connectivity index (χ0v) is 41.9. The molecule has 2 aliphatic heterocycles. The van der Waals surface area contributed by atoms with Gasteiger partial charge in [0.2, 0.25) is 5.91 Å². The minimum Gasteiger partial charge on any atom is -0.463 e. The molecule has 12 atom stereocenters. The Labute approximate surface area is 394 Å². The zero-order chi connectivity index (χ0) is 49.2. The standard InChI is InChI=1S/C49H84N2O15/c1-12-14-17-24-42(63-37(8)52)41(50-43(56)13-2)31-60-44(57)25-18-15-16-19-26-51(27-20-22-29-58-48-34(5)32(3)33(4)35(6)61-48)28-21-23-30-59-49-47(66-40(11)55)46(65-39(10)54)45(36(7)62-49)64-38(9)53/h17,24,32-36,41-42,45-49H,12-16,18-23,25-31H2,1-11H3,(H,50,56)/b24-17+/t32-,33+,34?,35?,36?,41-,42+,45-,46-,47?,48+,49+/m0/s1. The van der Waals surface area contributed by atoms with Gasteiger partial charge in [0.15, 0.2) is 30.9 Å². The highest BCUT2D eigenvalue weighted by atomic mass is 16.7. The third kappa shape index (κ3) is 22.4. The number of carbonyl (C=O) groups is 6. The molecular formula is C49H84N2O15. The first-order valence-electron chi connectivity index (χ1n) is 24.4. The molecule has 0 radical (unpaired) electrons. The molecule has 0 aromatic carbocycles. The first kappa shape index (κ1) is 58.5. The number of unbranched alkanes of at least 4 members (excludes halogenated alkanes) is 6. The Bertz CT molecular complexity index is 1490. The van der Waals surface area contributed by atoms with Gasteiger partial charge in [-0.1, -0.05) is 60.0 Å². The van der Waals surface area contributed by atoms with E-state index in [1.807, 2.05) is 13.0 Å². The SMILES string of the molecule is CCC/C=C/[C@@H](OC(C)=O)[C@H](COC(=O)CCCCCCN(CCCCO[C@@H]1OC(C)[C@H](C)[C@H](C)C1C)CCCCO[C@@H]1OC(C)[C@H](OC(C)=O)[C@H](OC(C)=O)C1OC(C)=O)NC(=O)CC. The van der Waals surface area contributed by atoms with Crippen molar-refractivity contribution < 1.29 is 71.4 Å². The Morgan fingerprint density at radius 1 is 0.621 bits per heavy atom. The first-order valence-corrected chi connectivity index (χ1v) is 24.4. The fourth-order valence-corrected chi connectivity index (χ4v) is 8.10. The molecule has 0 saturated carbocycles. The van der Waals surface area contributed by atoms with Crippen molar-refractivity contribution >= 4 is 35.8 Å². The third-order valence-electron chi connectivity index (χ3n) is 12.3. The van der Waals surface area contributed by atoms with E-state index < -0.39 is 66.7 Å². The highest BCUT2D eigenvalue weighted by molar-refractivity contribution is 5.76. The Balaban J connectivity index is 1.95. The molecule has 1 N–H and O–H groups in total. The number of nitrogens with one attached hydrogen (secondary N) is 1.